The number of rotatable bonds is 4. The van der Waals surface area contributed by atoms with Gasteiger partial charge < -0.3 is 10.7 Å². The Labute approximate surface area is 128 Å². The molecule has 112 valence electrons. The van der Waals surface area contributed by atoms with Crippen molar-refractivity contribution in [3.63, 3.8) is 0 Å². The van der Waals surface area contributed by atoms with Gasteiger partial charge in [-0.3, -0.25) is 4.79 Å². The van der Waals surface area contributed by atoms with Gasteiger partial charge in [0.15, 0.2) is 0 Å². The number of aromatic nitrogens is 1. The van der Waals surface area contributed by atoms with Crippen LogP contribution in [0.15, 0.2) is 18.2 Å². The zero-order valence-corrected chi connectivity index (χ0v) is 13.5. The first-order valence-corrected chi connectivity index (χ1v) is 7.55. The monoisotopic (exact) mass is 304 g/mol. The summed E-state index contributed by atoms with van der Waals surface area (Å²) in [6.07, 6.45) is 0. The Morgan fingerprint density at radius 2 is 2.00 bits per heavy atom. The average Bonchev–Trinajstić information content (AvgIpc) is 2.76. The maximum Gasteiger partial charge on any atom is 0.251 e. The Morgan fingerprint density at radius 1 is 1.29 bits per heavy atom. The van der Waals surface area contributed by atoms with Crippen LogP contribution in [0.25, 0.3) is 0 Å². The number of hydrogen-bond acceptors (Lipinski definition) is 5. The Morgan fingerprint density at radius 3 is 2.57 bits per heavy atom. The summed E-state index contributed by atoms with van der Waals surface area (Å²) in [6.45, 7) is 7.96. The van der Waals surface area contributed by atoms with Crippen LogP contribution in [0.5, 0.6) is 0 Å². The van der Waals surface area contributed by atoms with Crippen LogP contribution in [0.3, 0.4) is 0 Å². The van der Waals surface area contributed by atoms with Crippen molar-refractivity contribution < 1.29 is 4.79 Å². The zero-order valence-electron chi connectivity index (χ0n) is 12.7. The van der Waals surface area contributed by atoms with E-state index in [0.717, 1.165) is 11.3 Å². The Hall–Kier alpha value is -1.92. The quantitative estimate of drug-likeness (QED) is 0.599. The molecule has 0 spiro atoms. The van der Waals surface area contributed by atoms with Crippen molar-refractivity contribution in [2.75, 3.05) is 5.43 Å². The van der Waals surface area contributed by atoms with Crippen molar-refractivity contribution in [2.24, 2.45) is 5.84 Å². The molecule has 2 heterocycles. The van der Waals surface area contributed by atoms with Crippen molar-refractivity contribution in [3.05, 3.63) is 44.8 Å². The minimum absolute atomic E-state index is 0.0368. The van der Waals surface area contributed by atoms with Crippen LogP contribution in [-0.2, 0) is 0 Å². The van der Waals surface area contributed by atoms with Gasteiger partial charge in [0.1, 0.15) is 5.82 Å². The molecule has 4 N–H and O–H groups in total. The zero-order chi connectivity index (χ0) is 15.6. The molecule has 0 saturated carbocycles. The van der Waals surface area contributed by atoms with Crippen molar-refractivity contribution in [2.45, 2.75) is 33.7 Å². The molecule has 0 aliphatic rings. The third kappa shape index (κ3) is 3.59. The van der Waals surface area contributed by atoms with E-state index in [1.165, 1.54) is 9.75 Å². The van der Waals surface area contributed by atoms with E-state index in [1.54, 1.807) is 23.5 Å². The molecule has 2 aromatic heterocycles. The normalized spacial score (nSPS) is 12.0. The molecule has 0 aromatic carbocycles. The lowest BCUT2D eigenvalue weighted by molar-refractivity contribution is 0.0939. The summed E-state index contributed by atoms with van der Waals surface area (Å²) in [4.78, 5) is 19.0. The van der Waals surface area contributed by atoms with Crippen molar-refractivity contribution in [1.82, 2.24) is 10.3 Å². The summed E-state index contributed by atoms with van der Waals surface area (Å²) in [7, 11) is 0. The molecule has 5 nitrogen and oxygen atoms in total. The van der Waals surface area contributed by atoms with Crippen molar-refractivity contribution in [1.29, 1.82) is 0 Å². The highest BCUT2D eigenvalue weighted by Gasteiger charge is 2.15. The first kappa shape index (κ1) is 15.5. The molecule has 0 aliphatic heterocycles. The van der Waals surface area contributed by atoms with Gasteiger partial charge in [-0.25, -0.2) is 10.8 Å². The second-order valence-corrected chi connectivity index (χ2v) is 6.55. The summed E-state index contributed by atoms with van der Waals surface area (Å²) in [6, 6.07) is 5.47. The van der Waals surface area contributed by atoms with Crippen molar-refractivity contribution >= 4 is 23.1 Å². The SMILES string of the molecule is Cc1cc(C(=O)NC(C)c2cc(C)sc2C)cc(NN)n1. The van der Waals surface area contributed by atoms with Gasteiger partial charge in [-0.2, -0.15) is 0 Å². The minimum atomic E-state index is -0.132. The first-order chi connectivity index (χ1) is 9.90. The lowest BCUT2D eigenvalue weighted by Crippen LogP contribution is -2.27. The van der Waals surface area contributed by atoms with E-state index in [2.05, 4.69) is 35.6 Å². The highest BCUT2D eigenvalue weighted by Crippen LogP contribution is 2.26. The number of pyridine rings is 1. The van der Waals surface area contributed by atoms with Gasteiger partial charge >= 0.3 is 0 Å². The highest BCUT2D eigenvalue weighted by molar-refractivity contribution is 7.12. The number of amides is 1. The number of nitrogens with two attached hydrogens (primary N) is 1. The Bertz CT molecular complexity index is 666. The number of carbonyl (C=O) groups is 1. The molecular weight excluding hydrogens is 284 g/mol. The predicted octanol–water partition coefficient (Wildman–Crippen LogP) is 2.84. The van der Waals surface area contributed by atoms with Gasteiger partial charge in [0, 0.05) is 21.0 Å². The fourth-order valence-corrected chi connectivity index (χ4v) is 3.33. The second-order valence-electron chi connectivity index (χ2n) is 5.09. The molecule has 0 bridgehead atoms. The number of hydrogen-bond donors (Lipinski definition) is 3. The third-order valence-electron chi connectivity index (χ3n) is 3.26. The summed E-state index contributed by atoms with van der Waals surface area (Å²) >= 11 is 1.74. The van der Waals surface area contributed by atoms with Crippen LogP contribution in [-0.4, -0.2) is 10.9 Å². The lowest BCUT2D eigenvalue weighted by atomic mass is 10.1. The largest absolute Gasteiger partial charge is 0.345 e. The molecule has 1 amide bonds. The maximum atomic E-state index is 12.4. The molecule has 1 unspecified atom stereocenters. The van der Waals surface area contributed by atoms with Gasteiger partial charge in [-0.1, -0.05) is 0 Å². The summed E-state index contributed by atoms with van der Waals surface area (Å²) in [5, 5.41) is 3.02. The molecule has 0 saturated heterocycles. The standard InChI is InChI=1S/C15H20N4OS/c1-8-5-12(7-14(17-8)19-16)15(20)18-10(3)13-6-9(2)21-11(13)4/h5-7,10H,16H2,1-4H3,(H,17,19)(H,18,20). The van der Waals surface area contributed by atoms with E-state index >= 15 is 0 Å². The van der Waals surface area contributed by atoms with Gasteiger partial charge in [0.05, 0.1) is 6.04 Å². The third-order valence-corrected chi connectivity index (χ3v) is 4.24. The van der Waals surface area contributed by atoms with Crippen LogP contribution < -0.4 is 16.6 Å². The van der Waals surface area contributed by atoms with Crippen LogP contribution >= 0.6 is 11.3 Å². The van der Waals surface area contributed by atoms with E-state index in [0.29, 0.717) is 11.4 Å². The predicted molar refractivity (Wildman–Crippen MR) is 86.5 cm³/mol. The summed E-state index contributed by atoms with van der Waals surface area (Å²) in [5.41, 5.74) is 4.92. The lowest BCUT2D eigenvalue weighted by Gasteiger charge is -2.14. The second kappa shape index (κ2) is 6.24. The van der Waals surface area contributed by atoms with Gasteiger partial charge in [0.2, 0.25) is 0 Å². The van der Waals surface area contributed by atoms with E-state index in [9.17, 15) is 4.79 Å². The number of aryl methyl sites for hydroxylation is 3. The molecular formula is C15H20N4OS. The number of thiophene rings is 1. The van der Waals surface area contributed by atoms with Crippen LogP contribution in [0.4, 0.5) is 5.82 Å². The molecule has 2 aromatic rings. The smallest absolute Gasteiger partial charge is 0.251 e. The van der Waals surface area contributed by atoms with E-state index in [4.69, 9.17) is 5.84 Å². The van der Waals surface area contributed by atoms with Crippen LogP contribution in [0.1, 0.15) is 44.3 Å². The molecule has 1 atom stereocenters. The van der Waals surface area contributed by atoms with Gasteiger partial charge in [-0.15, -0.1) is 11.3 Å². The Kier molecular flexibility index (Phi) is 4.59. The number of nitrogens with zero attached hydrogens (tertiary/aromatic N) is 1. The fourth-order valence-electron chi connectivity index (χ4n) is 2.31. The fraction of sp³-hybridized carbons (Fsp3) is 0.333. The molecule has 0 fully saturated rings. The van der Waals surface area contributed by atoms with Crippen molar-refractivity contribution in [3.8, 4) is 0 Å². The number of nitrogens with one attached hydrogen (secondary N) is 2. The maximum absolute atomic E-state index is 12.4. The minimum Gasteiger partial charge on any atom is -0.345 e. The highest BCUT2D eigenvalue weighted by atomic mass is 32.1. The number of anilines is 1. The van der Waals surface area contributed by atoms with Gasteiger partial charge in [-0.05, 0) is 51.5 Å². The topological polar surface area (TPSA) is 80.0 Å². The molecule has 0 radical (unpaired) electrons. The van der Waals surface area contributed by atoms with Gasteiger partial charge in [0.25, 0.3) is 5.91 Å². The molecule has 0 aliphatic carbocycles. The van der Waals surface area contributed by atoms with E-state index in [-0.39, 0.29) is 11.9 Å². The Balaban J connectivity index is 2.18. The van der Waals surface area contributed by atoms with E-state index in [1.807, 2.05) is 13.8 Å². The van der Waals surface area contributed by atoms with E-state index < -0.39 is 0 Å². The molecule has 21 heavy (non-hydrogen) atoms. The van der Waals surface area contributed by atoms with Crippen LogP contribution in [0, 0.1) is 20.8 Å². The first-order valence-electron chi connectivity index (χ1n) is 6.74. The summed E-state index contributed by atoms with van der Waals surface area (Å²) < 4.78 is 0. The average molecular weight is 304 g/mol. The molecule has 2 rings (SSSR count). The molecule has 6 heteroatoms. The van der Waals surface area contributed by atoms with Crippen LogP contribution in [0.2, 0.25) is 0 Å². The number of hydrazine groups is 1. The number of nitrogen functional groups attached to an aromatic ring is 1. The number of carbonyl (C=O) groups excluding carboxylic acids is 1. The summed E-state index contributed by atoms with van der Waals surface area (Å²) in [5.74, 6) is 5.71.